The lowest BCUT2D eigenvalue weighted by Crippen LogP contribution is -2.57. The molecule has 15 nitrogen and oxygen atoms in total. The van der Waals surface area contributed by atoms with Crippen LogP contribution in [0.2, 0.25) is 0 Å². The molecule has 370 valence electrons. The minimum absolute atomic E-state index is 0.0367. The molecule has 1 aliphatic carbocycles. The highest BCUT2D eigenvalue weighted by molar-refractivity contribution is 7.12. The highest BCUT2D eigenvalue weighted by Crippen LogP contribution is 2.50. The number of benzene rings is 2. The molecule has 17 heteroatoms. The molecule has 9 atom stereocenters. The molecule has 2 aromatic carbocycles. The van der Waals surface area contributed by atoms with Crippen molar-refractivity contribution < 1.29 is 37.7 Å². The van der Waals surface area contributed by atoms with Crippen LogP contribution in [0, 0.1) is 11.7 Å². The molecule has 0 bridgehead atoms. The van der Waals surface area contributed by atoms with E-state index >= 15 is 4.39 Å². The van der Waals surface area contributed by atoms with E-state index in [1.54, 1.807) is 22.4 Å². The van der Waals surface area contributed by atoms with E-state index in [-0.39, 0.29) is 54.3 Å². The lowest BCUT2D eigenvalue weighted by atomic mass is 9.85. The zero-order valence-corrected chi connectivity index (χ0v) is 41.7. The van der Waals surface area contributed by atoms with Gasteiger partial charge in [0.15, 0.2) is 0 Å². The predicted octanol–water partition coefficient (Wildman–Crippen LogP) is 10.1. The first-order valence-electron chi connectivity index (χ1n) is 25.1. The smallest absolute Gasteiger partial charge is 0.410 e. The number of halogens is 1. The summed E-state index contributed by atoms with van der Waals surface area (Å²) in [5.74, 6) is 1.76. The van der Waals surface area contributed by atoms with Crippen LogP contribution in [0.4, 0.5) is 14.0 Å². The lowest BCUT2D eigenvalue weighted by Gasteiger charge is -2.38. The van der Waals surface area contributed by atoms with Gasteiger partial charge in [0.2, 0.25) is 12.1 Å². The second-order valence-electron chi connectivity index (χ2n) is 21.2. The van der Waals surface area contributed by atoms with Gasteiger partial charge in [0.05, 0.1) is 77.0 Å². The molecule has 11 rings (SSSR count). The molecule has 4 fully saturated rings. The van der Waals surface area contributed by atoms with Crippen LogP contribution in [0.5, 0.6) is 5.75 Å². The number of H-pyrrole nitrogens is 1. The Morgan fingerprint density at radius 2 is 1.67 bits per heavy atom. The monoisotopic (exact) mass is 974 g/mol. The van der Waals surface area contributed by atoms with Gasteiger partial charge in [-0.15, -0.1) is 11.3 Å². The highest BCUT2D eigenvalue weighted by Gasteiger charge is 2.44. The molecule has 8 heterocycles. The van der Waals surface area contributed by atoms with Gasteiger partial charge in [-0.2, -0.15) is 0 Å². The summed E-state index contributed by atoms with van der Waals surface area (Å²) in [6.07, 6.45) is 6.89. The molecule has 0 spiro atoms. The zero-order chi connectivity index (χ0) is 48.7. The van der Waals surface area contributed by atoms with Crippen LogP contribution in [0.25, 0.3) is 33.4 Å². The maximum Gasteiger partial charge on any atom is 0.410 e. The maximum absolute atomic E-state index is 17.0. The SMILES string of the molecule is COC(=O)N[C@H](C(=O)N1CCC[C@@H]1C1=NC(c2ccc3c(c2)cc2n3C(c3ccc(C4CC4)s3)Oc3cc(-c4cnc([C@@H]5CCCN5C(=O)OC(C)(C)C)[nH]4)cc(F)c3-2)C(C)N1)C1C[C@@H](C)O[C@@H](C)C1. The average molecular weight is 975 g/mol. The predicted molar refractivity (Wildman–Crippen MR) is 264 cm³/mol. The molecule has 70 heavy (non-hydrogen) atoms. The number of amides is 3. The van der Waals surface area contributed by atoms with E-state index in [0.717, 1.165) is 58.6 Å². The maximum atomic E-state index is 17.0. The van der Waals surface area contributed by atoms with E-state index in [2.05, 4.69) is 63.5 Å². The third kappa shape index (κ3) is 8.70. The van der Waals surface area contributed by atoms with Crippen molar-refractivity contribution >= 4 is 46.2 Å². The van der Waals surface area contributed by atoms with E-state index in [0.29, 0.717) is 60.2 Å². The summed E-state index contributed by atoms with van der Waals surface area (Å²) >= 11 is 1.76. The number of carbonyl (C=O) groups excluding carboxylic acids is 3. The number of methoxy groups -OCH3 is 1. The van der Waals surface area contributed by atoms with Crippen molar-refractivity contribution in [1.29, 1.82) is 0 Å². The first-order valence-corrected chi connectivity index (χ1v) is 25.9. The number of ether oxygens (including phenoxy) is 4. The number of fused-ring (bicyclic) bond motifs is 5. The number of aliphatic imine (C=N–C) groups is 1. The van der Waals surface area contributed by atoms with Gasteiger partial charge in [0, 0.05) is 28.9 Å². The molecule has 3 aromatic heterocycles. The number of nitrogens with zero attached hydrogens (tertiary/aromatic N) is 5. The summed E-state index contributed by atoms with van der Waals surface area (Å²) in [7, 11) is 1.32. The number of nitrogens with one attached hydrogen (secondary N) is 3. The van der Waals surface area contributed by atoms with Crippen molar-refractivity contribution in [2.45, 2.75) is 153 Å². The van der Waals surface area contributed by atoms with Gasteiger partial charge in [-0.25, -0.2) is 19.0 Å². The molecule has 1 saturated carbocycles. The number of likely N-dealkylation sites (tertiary alicyclic amines) is 2. The third-order valence-corrected chi connectivity index (χ3v) is 16.1. The fraction of sp³-hybridized carbons (Fsp3) is 0.528. The van der Waals surface area contributed by atoms with Crippen LogP contribution in [0.15, 0.2) is 59.7 Å². The van der Waals surface area contributed by atoms with Gasteiger partial charge < -0.3 is 39.5 Å². The normalized spacial score (nSPS) is 26.8. The number of aromatic nitrogens is 3. The molecular weight excluding hydrogens is 912 g/mol. The summed E-state index contributed by atoms with van der Waals surface area (Å²) in [6.45, 7) is 12.8. The van der Waals surface area contributed by atoms with E-state index in [1.807, 2.05) is 45.6 Å². The van der Waals surface area contributed by atoms with Crippen LogP contribution in [-0.2, 0) is 19.0 Å². The summed E-state index contributed by atoms with van der Waals surface area (Å²) < 4.78 is 42.7. The first kappa shape index (κ1) is 46.4. The third-order valence-electron chi connectivity index (χ3n) is 14.9. The number of carbonyl (C=O) groups is 3. The Labute approximate surface area is 411 Å². The number of amidine groups is 1. The Bertz CT molecular complexity index is 2870. The summed E-state index contributed by atoms with van der Waals surface area (Å²) in [5, 5.41) is 7.47. The number of rotatable bonds is 9. The number of hydrogen-bond acceptors (Lipinski definition) is 11. The Morgan fingerprint density at radius 1 is 0.929 bits per heavy atom. The van der Waals surface area contributed by atoms with E-state index in [1.165, 1.54) is 30.9 Å². The van der Waals surface area contributed by atoms with E-state index in [9.17, 15) is 14.4 Å². The van der Waals surface area contributed by atoms with Gasteiger partial charge in [0.25, 0.3) is 0 Å². The van der Waals surface area contributed by atoms with Crippen molar-refractivity contribution in [2.24, 2.45) is 10.9 Å². The topological polar surface area (TPSA) is 165 Å². The number of hydrogen-bond donors (Lipinski definition) is 3. The fourth-order valence-electron chi connectivity index (χ4n) is 11.6. The quantitative estimate of drug-likeness (QED) is 0.130. The van der Waals surface area contributed by atoms with Crippen LogP contribution < -0.4 is 15.4 Å². The van der Waals surface area contributed by atoms with Gasteiger partial charge in [0.1, 0.15) is 34.9 Å². The Kier molecular flexibility index (Phi) is 12.0. The van der Waals surface area contributed by atoms with E-state index < -0.39 is 29.8 Å². The molecular formula is C53H63FN8O7S. The molecule has 3 amide bonds. The van der Waals surface area contributed by atoms with Gasteiger partial charge >= 0.3 is 12.2 Å². The molecule has 5 aromatic rings. The summed E-state index contributed by atoms with van der Waals surface area (Å²) in [5.41, 5.74) is 3.62. The molecule has 5 aliphatic heterocycles. The lowest BCUT2D eigenvalue weighted by molar-refractivity contribution is -0.137. The molecule has 3 N–H and O–H groups in total. The van der Waals surface area contributed by atoms with Gasteiger partial charge in [-0.05, 0) is 153 Å². The number of imidazole rings is 1. The van der Waals surface area contributed by atoms with E-state index in [4.69, 9.17) is 28.9 Å². The van der Waals surface area contributed by atoms with Crippen molar-refractivity contribution in [1.82, 2.24) is 35.0 Å². The standard InChI is InChI=1S/C53H63FN8O7S/c1-27-20-34(21-28(2)67-27)46(59-51(64)66-7)49(63)60-18-8-11-39(60)48-56-29(3)45(58-48)31-14-15-37-33(22-31)24-40-44-35(54)23-32(25-41(44)68-50(62(37)40)43-17-16-42(70-43)30-12-13-30)36-26-55-47(57-36)38-10-9-19-61(38)52(65)69-53(4,5)6/h14-17,22-30,34,38-39,45-46,50H,8-13,18-21H2,1-7H3,(H,55,57)(H,56,58)(H,59,64)/t27-,28+,29?,34?,38-,39+,45?,46-,50?/m0/s1. The molecule has 0 radical (unpaired) electrons. The Hall–Kier alpha value is -5.94. The molecule has 4 unspecified atom stereocenters. The van der Waals surface area contributed by atoms with Crippen LogP contribution in [0.3, 0.4) is 0 Å². The van der Waals surface area contributed by atoms with Gasteiger partial charge in [-0.3, -0.25) is 19.3 Å². The number of alkyl carbamates (subject to hydrolysis) is 1. The van der Waals surface area contributed by atoms with Crippen molar-refractivity contribution in [3.63, 3.8) is 0 Å². The van der Waals surface area contributed by atoms with Crippen LogP contribution in [-0.4, -0.2) is 104 Å². The fourth-order valence-corrected chi connectivity index (χ4v) is 12.8. The molecule has 6 aliphatic rings. The second-order valence-corrected chi connectivity index (χ2v) is 22.4. The largest absolute Gasteiger partial charge is 0.464 e. The highest BCUT2D eigenvalue weighted by atomic mass is 32.1. The van der Waals surface area contributed by atoms with Crippen LogP contribution >= 0.6 is 11.3 Å². The average Bonchev–Trinajstić information content (AvgIpc) is 4.01. The minimum atomic E-state index is -0.747. The Balaban J connectivity index is 0.902. The second kappa shape index (κ2) is 18.0. The van der Waals surface area contributed by atoms with Crippen molar-refractivity contribution in [3.8, 4) is 28.3 Å². The van der Waals surface area contributed by atoms with Crippen molar-refractivity contribution in [3.05, 3.63) is 81.7 Å². The number of thiophene rings is 1. The number of aromatic amines is 1. The summed E-state index contributed by atoms with van der Waals surface area (Å²) in [6, 6.07) is 14.6. The van der Waals surface area contributed by atoms with Crippen LogP contribution in [0.1, 0.15) is 138 Å². The zero-order valence-electron chi connectivity index (χ0n) is 40.9. The first-order chi connectivity index (χ1) is 33.6. The van der Waals surface area contributed by atoms with Crippen molar-refractivity contribution in [2.75, 3.05) is 20.2 Å². The molecule has 3 saturated heterocycles. The minimum Gasteiger partial charge on any atom is -0.464 e. The summed E-state index contributed by atoms with van der Waals surface area (Å²) in [4.78, 5) is 59.7. The van der Waals surface area contributed by atoms with Gasteiger partial charge in [-0.1, -0.05) is 6.07 Å². The Morgan fingerprint density at radius 3 is 2.41 bits per heavy atom.